The Labute approximate surface area is 121 Å². The van der Waals surface area contributed by atoms with Crippen LogP contribution >= 0.6 is 0 Å². The Balaban J connectivity index is 1.47. The van der Waals surface area contributed by atoms with E-state index in [0.717, 1.165) is 12.2 Å². The van der Waals surface area contributed by atoms with Crippen LogP contribution in [0.1, 0.15) is 18.4 Å². The summed E-state index contributed by atoms with van der Waals surface area (Å²) in [6.45, 7) is 3.41. The van der Waals surface area contributed by atoms with Crippen LogP contribution in [0, 0.1) is 6.07 Å². The zero-order chi connectivity index (χ0) is 13.6. The molecule has 2 aromatic carbocycles. The molecule has 0 spiro atoms. The van der Waals surface area contributed by atoms with Crippen molar-refractivity contribution in [1.82, 2.24) is 4.90 Å². The Bertz CT molecular complexity index is 452. The quantitative estimate of drug-likeness (QED) is 0.909. The lowest BCUT2D eigenvalue weighted by molar-refractivity contribution is 0.211. The van der Waals surface area contributed by atoms with Crippen LogP contribution < -0.4 is 5.32 Å². The summed E-state index contributed by atoms with van der Waals surface area (Å²) in [5, 5.41) is 3.58. The summed E-state index contributed by atoms with van der Waals surface area (Å²) in [5.41, 5.74) is 2.53. The maximum atomic E-state index is 3.58. The van der Waals surface area contributed by atoms with Gasteiger partial charge in [-0.05, 0) is 24.5 Å². The standard InChI is InChI=1S/C18H21N2/c1-3-7-16(8-4-1)15-20-13-11-18(12-14-20)19-17-9-5-2-6-10-17/h1-9,18-19H,11-15H2. The third-order valence-electron chi connectivity index (χ3n) is 3.91. The number of benzene rings is 2. The van der Waals surface area contributed by atoms with Gasteiger partial charge in [0.25, 0.3) is 0 Å². The number of para-hydroxylation sites is 1. The van der Waals surface area contributed by atoms with Gasteiger partial charge >= 0.3 is 0 Å². The molecule has 0 aliphatic carbocycles. The summed E-state index contributed by atoms with van der Waals surface area (Å²) in [6.07, 6.45) is 2.41. The van der Waals surface area contributed by atoms with E-state index in [1.165, 1.54) is 31.5 Å². The Morgan fingerprint density at radius 3 is 2.45 bits per heavy atom. The molecule has 0 bridgehead atoms. The Morgan fingerprint density at radius 2 is 1.75 bits per heavy atom. The van der Waals surface area contributed by atoms with Crippen molar-refractivity contribution in [3.8, 4) is 0 Å². The highest BCUT2D eigenvalue weighted by Crippen LogP contribution is 2.17. The monoisotopic (exact) mass is 265 g/mol. The fraction of sp³-hybridized carbons (Fsp3) is 0.333. The zero-order valence-electron chi connectivity index (χ0n) is 11.8. The molecule has 0 atom stereocenters. The molecule has 1 heterocycles. The molecule has 1 N–H and O–H groups in total. The van der Waals surface area contributed by atoms with Gasteiger partial charge in [0, 0.05) is 37.4 Å². The number of likely N-dealkylation sites (tertiary alicyclic amines) is 1. The fourth-order valence-electron chi connectivity index (χ4n) is 2.78. The van der Waals surface area contributed by atoms with E-state index in [4.69, 9.17) is 0 Å². The summed E-state index contributed by atoms with van der Waals surface area (Å²) >= 11 is 0. The largest absolute Gasteiger partial charge is 0.382 e. The number of nitrogens with one attached hydrogen (secondary N) is 1. The second-order valence-electron chi connectivity index (χ2n) is 5.46. The Morgan fingerprint density at radius 1 is 1.00 bits per heavy atom. The highest BCUT2D eigenvalue weighted by molar-refractivity contribution is 5.42. The summed E-state index contributed by atoms with van der Waals surface area (Å²) in [6, 6.07) is 22.7. The predicted molar refractivity (Wildman–Crippen MR) is 83.6 cm³/mol. The second-order valence-corrected chi connectivity index (χ2v) is 5.46. The average molecular weight is 265 g/mol. The summed E-state index contributed by atoms with van der Waals surface area (Å²) in [5.74, 6) is 0. The smallest absolute Gasteiger partial charge is 0.0422 e. The SMILES string of the molecule is [c]1ccccc1NC1CCN(Cc2ccccc2)CC1. The van der Waals surface area contributed by atoms with Crippen LogP contribution in [0.2, 0.25) is 0 Å². The van der Waals surface area contributed by atoms with E-state index >= 15 is 0 Å². The summed E-state index contributed by atoms with van der Waals surface area (Å²) < 4.78 is 0. The lowest BCUT2D eigenvalue weighted by atomic mass is 10.0. The number of hydrogen-bond acceptors (Lipinski definition) is 2. The van der Waals surface area contributed by atoms with Crippen molar-refractivity contribution < 1.29 is 0 Å². The predicted octanol–water partition coefficient (Wildman–Crippen LogP) is 3.56. The van der Waals surface area contributed by atoms with Crippen molar-refractivity contribution in [1.29, 1.82) is 0 Å². The highest BCUT2D eigenvalue weighted by atomic mass is 15.1. The zero-order valence-corrected chi connectivity index (χ0v) is 11.8. The maximum Gasteiger partial charge on any atom is 0.0422 e. The molecular weight excluding hydrogens is 244 g/mol. The van der Waals surface area contributed by atoms with Gasteiger partial charge in [0.2, 0.25) is 0 Å². The summed E-state index contributed by atoms with van der Waals surface area (Å²) in [4.78, 5) is 2.54. The van der Waals surface area contributed by atoms with Crippen molar-refractivity contribution >= 4 is 5.69 Å². The van der Waals surface area contributed by atoms with Crippen molar-refractivity contribution in [2.75, 3.05) is 18.4 Å². The van der Waals surface area contributed by atoms with Gasteiger partial charge < -0.3 is 5.32 Å². The van der Waals surface area contributed by atoms with Crippen LogP contribution in [0.4, 0.5) is 5.69 Å². The van der Waals surface area contributed by atoms with E-state index in [1.807, 2.05) is 12.1 Å². The molecule has 0 saturated carbocycles. The molecule has 1 saturated heterocycles. The average Bonchev–Trinajstić information content (AvgIpc) is 2.51. The lowest BCUT2D eigenvalue weighted by Crippen LogP contribution is -2.38. The third-order valence-corrected chi connectivity index (χ3v) is 3.91. The van der Waals surface area contributed by atoms with Crippen LogP contribution in [0.25, 0.3) is 0 Å². The molecule has 2 heteroatoms. The van der Waals surface area contributed by atoms with Gasteiger partial charge in [0.15, 0.2) is 0 Å². The topological polar surface area (TPSA) is 15.3 Å². The van der Waals surface area contributed by atoms with Crippen molar-refractivity contribution in [2.24, 2.45) is 0 Å². The molecule has 1 aliphatic heterocycles. The first-order valence-electron chi connectivity index (χ1n) is 7.40. The van der Waals surface area contributed by atoms with Gasteiger partial charge in [-0.15, -0.1) is 0 Å². The molecule has 2 aromatic rings. The lowest BCUT2D eigenvalue weighted by Gasteiger charge is -2.32. The minimum absolute atomic E-state index is 0.584. The first-order valence-corrected chi connectivity index (χ1v) is 7.40. The van der Waals surface area contributed by atoms with E-state index in [0.29, 0.717) is 6.04 Å². The van der Waals surface area contributed by atoms with Crippen molar-refractivity contribution in [2.45, 2.75) is 25.4 Å². The van der Waals surface area contributed by atoms with Gasteiger partial charge in [0.1, 0.15) is 0 Å². The highest BCUT2D eigenvalue weighted by Gasteiger charge is 2.18. The number of hydrogen-bond donors (Lipinski definition) is 1. The van der Waals surface area contributed by atoms with Gasteiger partial charge in [0.05, 0.1) is 0 Å². The molecule has 0 unspecified atom stereocenters. The third kappa shape index (κ3) is 3.61. The molecule has 0 aromatic heterocycles. The molecule has 2 nitrogen and oxygen atoms in total. The maximum absolute atomic E-state index is 3.58. The molecule has 1 aliphatic rings. The number of piperidine rings is 1. The second kappa shape index (κ2) is 6.58. The first-order chi connectivity index (χ1) is 9.90. The normalized spacial score (nSPS) is 17.0. The van der Waals surface area contributed by atoms with E-state index < -0.39 is 0 Å². The molecular formula is C18H21N2. The molecule has 20 heavy (non-hydrogen) atoms. The fourth-order valence-corrected chi connectivity index (χ4v) is 2.78. The van der Waals surface area contributed by atoms with Gasteiger partial charge in [-0.2, -0.15) is 0 Å². The van der Waals surface area contributed by atoms with E-state index in [-0.39, 0.29) is 0 Å². The van der Waals surface area contributed by atoms with E-state index in [2.05, 4.69) is 58.7 Å². The first kappa shape index (κ1) is 13.2. The van der Waals surface area contributed by atoms with Gasteiger partial charge in [-0.1, -0.05) is 48.5 Å². The molecule has 1 fully saturated rings. The van der Waals surface area contributed by atoms with Crippen LogP contribution in [0.3, 0.4) is 0 Å². The summed E-state index contributed by atoms with van der Waals surface area (Å²) in [7, 11) is 0. The minimum Gasteiger partial charge on any atom is -0.382 e. The van der Waals surface area contributed by atoms with Gasteiger partial charge in [-0.3, -0.25) is 4.90 Å². The number of rotatable bonds is 4. The van der Waals surface area contributed by atoms with E-state index in [1.54, 1.807) is 0 Å². The van der Waals surface area contributed by atoms with Crippen LogP contribution in [0.15, 0.2) is 54.6 Å². The van der Waals surface area contributed by atoms with Gasteiger partial charge in [-0.25, -0.2) is 0 Å². The Kier molecular flexibility index (Phi) is 4.34. The molecule has 3 rings (SSSR count). The van der Waals surface area contributed by atoms with Crippen molar-refractivity contribution in [3.63, 3.8) is 0 Å². The molecule has 1 radical (unpaired) electrons. The Hall–Kier alpha value is -1.80. The minimum atomic E-state index is 0.584. The molecule has 103 valence electrons. The van der Waals surface area contributed by atoms with Crippen LogP contribution in [0.5, 0.6) is 0 Å². The van der Waals surface area contributed by atoms with Crippen LogP contribution in [-0.2, 0) is 6.54 Å². The molecule has 0 amide bonds. The number of anilines is 1. The van der Waals surface area contributed by atoms with Crippen molar-refractivity contribution in [3.05, 3.63) is 66.2 Å². The number of nitrogens with zero attached hydrogens (tertiary/aromatic N) is 1. The van der Waals surface area contributed by atoms with Crippen LogP contribution in [-0.4, -0.2) is 24.0 Å². The van der Waals surface area contributed by atoms with E-state index in [9.17, 15) is 0 Å².